The Balaban J connectivity index is 1.61. The maximum atomic E-state index is 13.3. The van der Waals surface area contributed by atoms with Gasteiger partial charge < -0.3 is 0 Å². The van der Waals surface area contributed by atoms with Crippen molar-refractivity contribution in [1.29, 1.82) is 0 Å². The molecular formula is C26H30O4S2. The van der Waals surface area contributed by atoms with E-state index in [1.165, 1.54) is 0 Å². The number of hydrogen-bond donors (Lipinski definition) is 0. The molecule has 1 spiro atoms. The van der Waals surface area contributed by atoms with E-state index in [0.717, 1.165) is 4.90 Å². The Morgan fingerprint density at radius 2 is 1.38 bits per heavy atom. The lowest BCUT2D eigenvalue weighted by atomic mass is 9.62. The maximum absolute atomic E-state index is 13.3. The quantitative estimate of drug-likeness (QED) is 0.427. The highest BCUT2D eigenvalue weighted by Crippen LogP contribution is 2.54. The normalized spacial score (nSPS) is 24.7. The molecule has 4 rings (SSSR count). The fourth-order valence-electron chi connectivity index (χ4n) is 5.31. The van der Waals surface area contributed by atoms with Gasteiger partial charge in [-0.1, -0.05) is 50.2 Å². The summed E-state index contributed by atoms with van der Waals surface area (Å²) in [7, 11) is -3.50. The minimum absolute atomic E-state index is 0.00666. The van der Waals surface area contributed by atoms with Gasteiger partial charge in [0.15, 0.2) is 9.84 Å². The minimum atomic E-state index is -3.50. The van der Waals surface area contributed by atoms with Crippen molar-refractivity contribution in [2.24, 2.45) is 22.7 Å². The second kappa shape index (κ2) is 8.79. The standard InChI is InChI=1S/C26H30O4S2/c1-25(2)15-23(27)26(24(28)16-25)13-19(17-31-21-9-5-3-6-10-21)20(14-26)18-32(29,30)22-11-7-4-8-12-22/h3-12,19-20H,13-18H2,1-2H3/t19-,20+/m0/s1. The topological polar surface area (TPSA) is 68.3 Å². The Hall–Kier alpha value is -1.92. The van der Waals surface area contributed by atoms with Crippen LogP contribution >= 0.6 is 11.8 Å². The summed E-state index contributed by atoms with van der Waals surface area (Å²) in [5.41, 5.74) is -1.32. The first kappa shape index (κ1) is 23.2. The summed E-state index contributed by atoms with van der Waals surface area (Å²) in [6.45, 7) is 3.93. The molecule has 4 nitrogen and oxygen atoms in total. The average molecular weight is 471 g/mol. The zero-order valence-corrected chi connectivity index (χ0v) is 20.3. The van der Waals surface area contributed by atoms with E-state index in [0.29, 0.717) is 36.3 Å². The molecule has 2 saturated carbocycles. The van der Waals surface area contributed by atoms with Crippen LogP contribution in [0.5, 0.6) is 0 Å². The van der Waals surface area contributed by atoms with Crippen molar-refractivity contribution < 1.29 is 18.0 Å². The van der Waals surface area contributed by atoms with E-state index in [1.54, 1.807) is 42.1 Å². The molecule has 2 aromatic carbocycles. The van der Waals surface area contributed by atoms with Gasteiger partial charge in [-0.25, -0.2) is 8.42 Å². The van der Waals surface area contributed by atoms with Gasteiger partial charge in [-0.3, -0.25) is 9.59 Å². The number of benzene rings is 2. The van der Waals surface area contributed by atoms with Crippen LogP contribution in [-0.2, 0) is 19.4 Å². The van der Waals surface area contributed by atoms with Gasteiger partial charge in [-0.15, -0.1) is 11.8 Å². The van der Waals surface area contributed by atoms with Crippen LogP contribution in [0, 0.1) is 22.7 Å². The van der Waals surface area contributed by atoms with Crippen LogP contribution < -0.4 is 0 Å². The molecule has 0 aliphatic heterocycles. The summed E-state index contributed by atoms with van der Waals surface area (Å²) in [6, 6.07) is 18.5. The first-order chi connectivity index (χ1) is 15.1. The SMILES string of the molecule is CC1(C)CC(=O)C2(C[C@@H](CSc3ccccc3)[C@@H](CS(=O)(=O)c3ccccc3)C2)C(=O)C1. The van der Waals surface area contributed by atoms with Gasteiger partial charge in [0.2, 0.25) is 0 Å². The molecule has 0 bridgehead atoms. The van der Waals surface area contributed by atoms with Crippen molar-refractivity contribution in [3.05, 3.63) is 60.7 Å². The Bertz CT molecular complexity index is 1070. The predicted molar refractivity (Wildman–Crippen MR) is 127 cm³/mol. The first-order valence-corrected chi connectivity index (χ1v) is 13.8. The van der Waals surface area contributed by atoms with E-state index in [-0.39, 0.29) is 34.6 Å². The van der Waals surface area contributed by atoms with Crippen LogP contribution in [0.25, 0.3) is 0 Å². The third-order valence-electron chi connectivity index (χ3n) is 6.98. The van der Waals surface area contributed by atoms with Crippen molar-refractivity contribution in [3.8, 4) is 0 Å². The molecule has 170 valence electrons. The molecule has 2 atom stereocenters. The molecule has 32 heavy (non-hydrogen) atoms. The van der Waals surface area contributed by atoms with Gasteiger partial charge in [-0.05, 0) is 54.4 Å². The fourth-order valence-corrected chi connectivity index (χ4v) is 8.17. The van der Waals surface area contributed by atoms with Crippen molar-refractivity contribution in [2.75, 3.05) is 11.5 Å². The lowest BCUT2D eigenvalue weighted by molar-refractivity contribution is -0.148. The van der Waals surface area contributed by atoms with E-state index < -0.39 is 15.3 Å². The largest absolute Gasteiger partial charge is 0.299 e. The van der Waals surface area contributed by atoms with Crippen molar-refractivity contribution in [1.82, 2.24) is 0 Å². The van der Waals surface area contributed by atoms with Crippen molar-refractivity contribution in [3.63, 3.8) is 0 Å². The molecule has 2 aliphatic carbocycles. The van der Waals surface area contributed by atoms with E-state index >= 15 is 0 Å². The monoisotopic (exact) mass is 470 g/mol. The Kier molecular flexibility index (Phi) is 6.38. The third-order valence-corrected chi connectivity index (χ3v) is 10.0. The number of hydrogen-bond acceptors (Lipinski definition) is 5. The second-order valence-electron chi connectivity index (χ2n) is 10.1. The lowest BCUT2D eigenvalue weighted by Gasteiger charge is -2.38. The highest BCUT2D eigenvalue weighted by Gasteiger charge is 2.58. The number of Topliss-reactive ketones (excluding diaryl/α,β-unsaturated/α-hetero) is 2. The van der Waals surface area contributed by atoms with Gasteiger partial charge >= 0.3 is 0 Å². The Morgan fingerprint density at radius 3 is 1.97 bits per heavy atom. The second-order valence-corrected chi connectivity index (χ2v) is 13.2. The molecule has 2 aliphatic rings. The van der Waals surface area contributed by atoms with Crippen LogP contribution in [0.1, 0.15) is 39.5 Å². The number of sulfone groups is 1. The minimum Gasteiger partial charge on any atom is -0.299 e. The zero-order chi connectivity index (χ0) is 23.0. The van der Waals surface area contributed by atoms with E-state index in [2.05, 4.69) is 0 Å². The lowest BCUT2D eigenvalue weighted by Crippen LogP contribution is -2.46. The predicted octanol–water partition coefficient (Wildman–Crippen LogP) is 5.22. The molecular weight excluding hydrogens is 440 g/mol. The number of ketones is 2. The summed E-state index contributed by atoms with van der Waals surface area (Å²) in [6.07, 6.45) is 1.59. The third kappa shape index (κ3) is 4.72. The van der Waals surface area contributed by atoms with Gasteiger partial charge in [0.25, 0.3) is 0 Å². The average Bonchev–Trinajstić information content (AvgIpc) is 3.11. The van der Waals surface area contributed by atoms with Crippen LogP contribution in [0.2, 0.25) is 0 Å². The molecule has 0 radical (unpaired) electrons. The Morgan fingerprint density at radius 1 is 0.844 bits per heavy atom. The van der Waals surface area contributed by atoms with Crippen molar-refractivity contribution in [2.45, 2.75) is 49.3 Å². The van der Waals surface area contributed by atoms with E-state index in [9.17, 15) is 18.0 Å². The molecule has 2 aromatic rings. The number of carbonyl (C=O) groups excluding carboxylic acids is 2. The summed E-state index contributed by atoms with van der Waals surface area (Å²) < 4.78 is 26.3. The number of carbonyl (C=O) groups is 2. The maximum Gasteiger partial charge on any atom is 0.178 e. The molecule has 0 aromatic heterocycles. The van der Waals surface area contributed by atoms with Gasteiger partial charge in [0.05, 0.1) is 16.1 Å². The van der Waals surface area contributed by atoms with Crippen LogP contribution in [-0.4, -0.2) is 31.5 Å². The van der Waals surface area contributed by atoms with Crippen molar-refractivity contribution >= 4 is 33.2 Å². The smallest absolute Gasteiger partial charge is 0.178 e. The van der Waals surface area contributed by atoms with Gasteiger partial charge in [0, 0.05) is 23.5 Å². The summed E-state index contributed by atoms with van der Waals surface area (Å²) >= 11 is 1.68. The highest BCUT2D eigenvalue weighted by molar-refractivity contribution is 7.99. The van der Waals surface area contributed by atoms with E-state index in [1.807, 2.05) is 44.2 Å². The fraction of sp³-hybridized carbons (Fsp3) is 0.462. The first-order valence-electron chi connectivity index (χ1n) is 11.1. The van der Waals surface area contributed by atoms with Crippen LogP contribution in [0.15, 0.2) is 70.5 Å². The molecule has 0 unspecified atom stereocenters. The van der Waals surface area contributed by atoms with Crippen LogP contribution in [0.4, 0.5) is 0 Å². The number of rotatable bonds is 6. The molecule has 0 N–H and O–H groups in total. The summed E-state index contributed by atoms with van der Waals surface area (Å²) in [5.74, 6) is 0.465. The highest BCUT2D eigenvalue weighted by atomic mass is 32.2. The van der Waals surface area contributed by atoms with Crippen LogP contribution in [0.3, 0.4) is 0 Å². The number of thioether (sulfide) groups is 1. The molecule has 6 heteroatoms. The molecule has 0 heterocycles. The molecule has 0 saturated heterocycles. The Labute approximate surface area is 195 Å². The zero-order valence-electron chi connectivity index (χ0n) is 18.6. The molecule has 2 fully saturated rings. The molecule has 0 amide bonds. The summed E-state index contributed by atoms with van der Waals surface area (Å²) in [4.78, 5) is 28.0. The summed E-state index contributed by atoms with van der Waals surface area (Å²) in [5, 5.41) is 0. The van der Waals surface area contributed by atoms with Gasteiger partial charge in [0.1, 0.15) is 11.6 Å². The van der Waals surface area contributed by atoms with E-state index in [4.69, 9.17) is 0 Å². The van der Waals surface area contributed by atoms with Gasteiger partial charge in [-0.2, -0.15) is 0 Å².